The highest BCUT2D eigenvalue weighted by Crippen LogP contribution is 1.91. The molecule has 0 aliphatic carbocycles. The molecule has 0 bridgehead atoms. The molecule has 0 fully saturated rings. The first-order valence-corrected chi connectivity index (χ1v) is 5.14. The minimum absolute atomic E-state index is 0.131. The summed E-state index contributed by atoms with van der Waals surface area (Å²) in [4.78, 5) is 11.0. The van der Waals surface area contributed by atoms with Gasteiger partial charge in [0.05, 0.1) is 6.04 Å². The molecule has 0 amide bonds. The molecule has 1 unspecified atom stereocenters. The molecule has 0 saturated carbocycles. The van der Waals surface area contributed by atoms with Crippen molar-refractivity contribution in [1.29, 1.82) is 0 Å². The molecule has 0 aromatic heterocycles. The standard InChI is InChI=1S/C6H14N2O3S/c1-4-6(9)5(2)8-12(10,11)7-3/h5,7-8H,4H2,1-3H3. The normalized spacial score (nSPS) is 14.2. The Morgan fingerprint density at radius 1 is 1.50 bits per heavy atom. The minimum atomic E-state index is -3.49. The molecule has 6 heteroatoms. The third-order valence-electron chi connectivity index (χ3n) is 1.43. The highest BCUT2D eigenvalue weighted by Gasteiger charge is 2.16. The second kappa shape index (κ2) is 4.54. The van der Waals surface area contributed by atoms with Gasteiger partial charge in [0, 0.05) is 13.5 Å². The van der Waals surface area contributed by atoms with Crippen LogP contribution in [0.25, 0.3) is 0 Å². The van der Waals surface area contributed by atoms with E-state index in [0.717, 1.165) is 0 Å². The third-order valence-corrected chi connectivity index (χ3v) is 2.63. The van der Waals surface area contributed by atoms with Gasteiger partial charge in [-0.25, -0.2) is 4.72 Å². The van der Waals surface area contributed by atoms with E-state index in [0.29, 0.717) is 6.42 Å². The van der Waals surface area contributed by atoms with Gasteiger partial charge in [0.15, 0.2) is 0 Å². The van der Waals surface area contributed by atoms with Crippen LogP contribution in [0, 0.1) is 0 Å². The molecular weight excluding hydrogens is 180 g/mol. The molecule has 0 aliphatic rings. The average Bonchev–Trinajstić information content (AvgIpc) is 2.02. The van der Waals surface area contributed by atoms with Crippen LogP contribution in [0.3, 0.4) is 0 Å². The van der Waals surface area contributed by atoms with Gasteiger partial charge in [0.2, 0.25) is 0 Å². The molecule has 0 aromatic carbocycles. The molecule has 0 aromatic rings. The van der Waals surface area contributed by atoms with Crippen molar-refractivity contribution in [3.8, 4) is 0 Å². The molecule has 0 radical (unpaired) electrons. The van der Waals surface area contributed by atoms with E-state index in [9.17, 15) is 13.2 Å². The Balaban J connectivity index is 4.19. The van der Waals surface area contributed by atoms with Gasteiger partial charge in [-0.2, -0.15) is 13.1 Å². The van der Waals surface area contributed by atoms with Crippen LogP contribution >= 0.6 is 0 Å². The molecule has 1 atom stereocenters. The van der Waals surface area contributed by atoms with E-state index in [1.54, 1.807) is 6.92 Å². The maximum absolute atomic E-state index is 11.0. The Bertz CT molecular complexity index is 248. The monoisotopic (exact) mass is 194 g/mol. The summed E-state index contributed by atoms with van der Waals surface area (Å²) in [5.74, 6) is -0.131. The fourth-order valence-corrected chi connectivity index (χ4v) is 1.38. The summed E-state index contributed by atoms with van der Waals surface area (Å²) in [6, 6.07) is -0.660. The molecule has 72 valence electrons. The smallest absolute Gasteiger partial charge is 0.277 e. The summed E-state index contributed by atoms with van der Waals surface area (Å²) in [5, 5.41) is 0. The number of ketones is 1. The topological polar surface area (TPSA) is 75.3 Å². The van der Waals surface area contributed by atoms with Crippen molar-refractivity contribution in [3.63, 3.8) is 0 Å². The number of rotatable bonds is 5. The first-order chi connectivity index (χ1) is 5.43. The van der Waals surface area contributed by atoms with Crippen LogP contribution in [0.4, 0.5) is 0 Å². The molecule has 0 saturated heterocycles. The summed E-state index contributed by atoms with van der Waals surface area (Å²) >= 11 is 0. The van der Waals surface area contributed by atoms with E-state index in [4.69, 9.17) is 0 Å². The maximum atomic E-state index is 11.0. The summed E-state index contributed by atoms with van der Waals surface area (Å²) in [6.07, 6.45) is 0.327. The zero-order chi connectivity index (χ0) is 9.78. The number of carbonyl (C=O) groups excluding carboxylic acids is 1. The minimum Gasteiger partial charge on any atom is -0.298 e. The molecule has 0 heterocycles. The van der Waals surface area contributed by atoms with Crippen LogP contribution in [0.15, 0.2) is 0 Å². The third kappa shape index (κ3) is 3.80. The van der Waals surface area contributed by atoms with Crippen molar-refractivity contribution in [1.82, 2.24) is 9.44 Å². The Labute approximate surface area is 72.7 Å². The maximum Gasteiger partial charge on any atom is 0.277 e. The van der Waals surface area contributed by atoms with Crippen molar-refractivity contribution in [2.75, 3.05) is 7.05 Å². The van der Waals surface area contributed by atoms with E-state index < -0.39 is 16.3 Å². The highest BCUT2D eigenvalue weighted by molar-refractivity contribution is 7.87. The van der Waals surface area contributed by atoms with Gasteiger partial charge in [-0.15, -0.1) is 0 Å². The number of hydrogen-bond donors (Lipinski definition) is 2. The Morgan fingerprint density at radius 3 is 2.33 bits per heavy atom. The van der Waals surface area contributed by atoms with Crippen molar-refractivity contribution < 1.29 is 13.2 Å². The van der Waals surface area contributed by atoms with E-state index >= 15 is 0 Å². The predicted molar refractivity (Wildman–Crippen MR) is 45.9 cm³/mol. The largest absolute Gasteiger partial charge is 0.298 e. The summed E-state index contributed by atoms with van der Waals surface area (Å²) in [5.41, 5.74) is 0. The Kier molecular flexibility index (Phi) is 4.36. The second-order valence-corrected chi connectivity index (χ2v) is 4.02. The second-order valence-electron chi connectivity index (χ2n) is 2.37. The number of hydrogen-bond acceptors (Lipinski definition) is 3. The van der Waals surface area contributed by atoms with E-state index in [-0.39, 0.29) is 5.78 Å². The Morgan fingerprint density at radius 2 is 2.00 bits per heavy atom. The van der Waals surface area contributed by atoms with E-state index in [1.807, 2.05) is 0 Å². The predicted octanol–water partition coefficient (Wildman–Crippen LogP) is -0.592. The molecule has 0 spiro atoms. The summed E-state index contributed by atoms with van der Waals surface area (Å²) < 4.78 is 25.9. The molecule has 5 nitrogen and oxygen atoms in total. The van der Waals surface area contributed by atoms with Crippen molar-refractivity contribution in [3.05, 3.63) is 0 Å². The van der Waals surface area contributed by atoms with Crippen LogP contribution in [0.1, 0.15) is 20.3 Å². The van der Waals surface area contributed by atoms with Gasteiger partial charge >= 0.3 is 0 Å². The van der Waals surface area contributed by atoms with Gasteiger partial charge in [0.1, 0.15) is 5.78 Å². The lowest BCUT2D eigenvalue weighted by Gasteiger charge is -2.10. The molecule has 12 heavy (non-hydrogen) atoms. The van der Waals surface area contributed by atoms with E-state index in [1.165, 1.54) is 14.0 Å². The highest BCUT2D eigenvalue weighted by atomic mass is 32.2. The van der Waals surface area contributed by atoms with Crippen LogP contribution in [0.2, 0.25) is 0 Å². The molecular formula is C6H14N2O3S. The fourth-order valence-electron chi connectivity index (χ4n) is 0.664. The van der Waals surface area contributed by atoms with Gasteiger partial charge in [-0.3, -0.25) is 4.79 Å². The van der Waals surface area contributed by atoms with Gasteiger partial charge < -0.3 is 0 Å². The summed E-state index contributed by atoms with van der Waals surface area (Å²) in [6.45, 7) is 3.20. The number of carbonyl (C=O) groups is 1. The lowest BCUT2D eigenvalue weighted by molar-refractivity contribution is -0.119. The van der Waals surface area contributed by atoms with Gasteiger partial charge in [-0.1, -0.05) is 6.92 Å². The quantitative estimate of drug-likeness (QED) is 0.614. The van der Waals surface area contributed by atoms with Crippen LogP contribution < -0.4 is 9.44 Å². The van der Waals surface area contributed by atoms with Crippen LogP contribution in [-0.2, 0) is 15.0 Å². The lowest BCUT2D eigenvalue weighted by atomic mass is 10.2. The van der Waals surface area contributed by atoms with Crippen molar-refractivity contribution in [2.45, 2.75) is 26.3 Å². The molecule has 0 aliphatic heterocycles. The average molecular weight is 194 g/mol. The summed E-state index contributed by atoms with van der Waals surface area (Å²) in [7, 11) is -2.21. The van der Waals surface area contributed by atoms with Crippen LogP contribution in [0.5, 0.6) is 0 Å². The number of Topliss-reactive ketones (excluding diaryl/α,β-unsaturated/α-hetero) is 1. The number of nitrogens with one attached hydrogen (secondary N) is 2. The van der Waals surface area contributed by atoms with Gasteiger partial charge in [-0.05, 0) is 6.92 Å². The molecule has 0 rings (SSSR count). The SMILES string of the molecule is CCC(=O)C(C)NS(=O)(=O)NC. The Hall–Kier alpha value is -0.460. The van der Waals surface area contributed by atoms with Gasteiger partial charge in [0.25, 0.3) is 10.2 Å². The van der Waals surface area contributed by atoms with Crippen molar-refractivity contribution in [2.24, 2.45) is 0 Å². The first kappa shape index (κ1) is 11.5. The zero-order valence-electron chi connectivity index (χ0n) is 7.42. The van der Waals surface area contributed by atoms with Crippen molar-refractivity contribution >= 4 is 16.0 Å². The fraction of sp³-hybridized carbons (Fsp3) is 0.833. The zero-order valence-corrected chi connectivity index (χ0v) is 8.23. The molecule has 2 N–H and O–H groups in total. The van der Waals surface area contributed by atoms with E-state index in [2.05, 4.69) is 9.44 Å². The first-order valence-electron chi connectivity index (χ1n) is 3.66. The lowest BCUT2D eigenvalue weighted by Crippen LogP contribution is -2.43. The van der Waals surface area contributed by atoms with Crippen LogP contribution in [-0.4, -0.2) is 27.3 Å².